The van der Waals surface area contributed by atoms with Gasteiger partial charge in [-0.2, -0.15) is 0 Å². The Kier molecular flexibility index (Phi) is 8.27. The molecule has 0 aromatic rings. The maximum Gasteiger partial charge on any atom is 0.326 e. The molecule has 0 spiro atoms. The molecule has 0 saturated heterocycles. The molecule has 0 saturated carbocycles. The van der Waals surface area contributed by atoms with Crippen molar-refractivity contribution >= 4 is 18.0 Å². The predicted molar refractivity (Wildman–Crippen MR) is 65.9 cm³/mol. The summed E-state index contributed by atoms with van der Waals surface area (Å²) >= 11 is 0. The number of urea groups is 1. The molecule has 2 atom stereocenters. The highest BCUT2D eigenvalue weighted by atomic mass is 16.5. The second-order valence-electron chi connectivity index (χ2n) is 4.05. The molecule has 0 aliphatic heterocycles. The fourth-order valence-electron chi connectivity index (χ4n) is 1.51. The van der Waals surface area contributed by atoms with Gasteiger partial charge in [-0.05, 0) is 6.42 Å². The third kappa shape index (κ3) is 7.98. The van der Waals surface area contributed by atoms with E-state index in [1.165, 1.54) is 7.11 Å². The van der Waals surface area contributed by atoms with E-state index in [0.29, 0.717) is 13.0 Å². The van der Waals surface area contributed by atoms with Gasteiger partial charge < -0.3 is 25.6 Å². The van der Waals surface area contributed by atoms with Gasteiger partial charge in [0.05, 0.1) is 19.1 Å². The number of amides is 2. The zero-order valence-corrected chi connectivity index (χ0v) is 11.0. The summed E-state index contributed by atoms with van der Waals surface area (Å²) in [5, 5.41) is 22.0. The van der Waals surface area contributed by atoms with Gasteiger partial charge in [-0.1, -0.05) is 13.3 Å². The van der Waals surface area contributed by atoms with Crippen molar-refractivity contribution in [1.82, 2.24) is 10.6 Å². The first-order valence-electron chi connectivity index (χ1n) is 5.91. The summed E-state index contributed by atoms with van der Waals surface area (Å²) in [5.74, 6) is -2.69. The Morgan fingerprint density at radius 1 is 1.21 bits per heavy atom. The minimum atomic E-state index is -1.46. The zero-order chi connectivity index (χ0) is 14.8. The number of carboxylic acid groups (broad SMARTS) is 2. The Morgan fingerprint density at radius 2 is 1.84 bits per heavy atom. The number of aliphatic carboxylic acids is 2. The maximum atomic E-state index is 11.6. The van der Waals surface area contributed by atoms with E-state index in [1.807, 2.05) is 6.92 Å². The van der Waals surface area contributed by atoms with E-state index < -0.39 is 30.4 Å². The fourth-order valence-corrected chi connectivity index (χ4v) is 1.51. The molecule has 0 bridgehead atoms. The summed E-state index contributed by atoms with van der Waals surface area (Å²) in [6, 6.07) is -2.42. The standard InChI is InChI=1S/C11H20N2O6/c1-3-4-7(6-19-2)12-11(18)13-8(10(16)17)5-9(14)15/h7-8H,3-6H2,1-2H3,(H,14,15)(H,16,17)(H2,12,13,18)/t7?,8-/m1/s1. The highest BCUT2D eigenvalue weighted by Gasteiger charge is 2.23. The summed E-state index contributed by atoms with van der Waals surface area (Å²) in [6.45, 7) is 2.24. The Labute approximate surface area is 111 Å². The SMILES string of the molecule is CCCC(COC)NC(=O)N[C@H](CC(=O)O)C(=O)O. The molecule has 0 aliphatic rings. The van der Waals surface area contributed by atoms with Crippen LogP contribution < -0.4 is 10.6 Å². The lowest BCUT2D eigenvalue weighted by Crippen LogP contribution is -2.50. The smallest absolute Gasteiger partial charge is 0.326 e. The lowest BCUT2D eigenvalue weighted by molar-refractivity contribution is -0.145. The average molecular weight is 276 g/mol. The van der Waals surface area contributed by atoms with Crippen LogP contribution in [0.15, 0.2) is 0 Å². The van der Waals surface area contributed by atoms with Crippen LogP contribution in [0.5, 0.6) is 0 Å². The number of rotatable bonds is 9. The van der Waals surface area contributed by atoms with Crippen molar-refractivity contribution in [2.45, 2.75) is 38.3 Å². The van der Waals surface area contributed by atoms with Crippen molar-refractivity contribution in [2.75, 3.05) is 13.7 Å². The Balaban J connectivity index is 4.37. The highest BCUT2D eigenvalue weighted by Crippen LogP contribution is 1.98. The molecule has 4 N–H and O–H groups in total. The molecule has 0 radical (unpaired) electrons. The highest BCUT2D eigenvalue weighted by molar-refractivity contribution is 5.86. The summed E-state index contributed by atoms with van der Waals surface area (Å²) in [4.78, 5) is 32.8. The van der Waals surface area contributed by atoms with E-state index in [0.717, 1.165) is 6.42 Å². The van der Waals surface area contributed by atoms with Crippen LogP contribution in [0.4, 0.5) is 4.79 Å². The van der Waals surface area contributed by atoms with Gasteiger partial charge in [-0.25, -0.2) is 9.59 Å². The van der Waals surface area contributed by atoms with Crippen LogP contribution >= 0.6 is 0 Å². The van der Waals surface area contributed by atoms with Gasteiger partial charge in [-0.3, -0.25) is 4.79 Å². The Morgan fingerprint density at radius 3 is 2.26 bits per heavy atom. The summed E-state index contributed by atoms with van der Waals surface area (Å²) < 4.78 is 4.92. The second-order valence-corrected chi connectivity index (χ2v) is 4.05. The number of methoxy groups -OCH3 is 1. The quantitative estimate of drug-likeness (QED) is 0.471. The molecule has 2 amide bonds. The van der Waals surface area contributed by atoms with E-state index in [1.54, 1.807) is 0 Å². The van der Waals surface area contributed by atoms with Gasteiger partial charge in [0.2, 0.25) is 0 Å². The van der Waals surface area contributed by atoms with E-state index in [4.69, 9.17) is 14.9 Å². The summed E-state index contributed by atoms with van der Waals surface area (Å²) in [7, 11) is 1.49. The van der Waals surface area contributed by atoms with Gasteiger partial charge in [0, 0.05) is 7.11 Å². The van der Waals surface area contributed by atoms with E-state index in [2.05, 4.69) is 10.6 Å². The number of carbonyl (C=O) groups excluding carboxylic acids is 1. The van der Waals surface area contributed by atoms with Crippen LogP contribution in [0.2, 0.25) is 0 Å². The van der Waals surface area contributed by atoms with Gasteiger partial charge >= 0.3 is 18.0 Å². The van der Waals surface area contributed by atoms with Crippen molar-refractivity contribution in [3.63, 3.8) is 0 Å². The molecule has 0 heterocycles. The lowest BCUT2D eigenvalue weighted by atomic mass is 10.2. The van der Waals surface area contributed by atoms with Crippen molar-refractivity contribution in [2.24, 2.45) is 0 Å². The molecule has 19 heavy (non-hydrogen) atoms. The van der Waals surface area contributed by atoms with E-state index >= 15 is 0 Å². The zero-order valence-electron chi connectivity index (χ0n) is 11.0. The van der Waals surface area contributed by atoms with Crippen LogP contribution in [-0.4, -0.2) is 54.0 Å². The summed E-state index contributed by atoms with van der Waals surface area (Å²) in [5.41, 5.74) is 0. The molecule has 1 unspecified atom stereocenters. The first-order chi connectivity index (χ1) is 8.90. The molecule has 0 aromatic heterocycles. The minimum absolute atomic E-state index is 0.241. The molecule has 8 heteroatoms. The van der Waals surface area contributed by atoms with Crippen LogP contribution in [0.1, 0.15) is 26.2 Å². The van der Waals surface area contributed by atoms with Crippen LogP contribution in [0.3, 0.4) is 0 Å². The molecule has 0 aromatic carbocycles. The van der Waals surface area contributed by atoms with Crippen molar-refractivity contribution < 1.29 is 29.3 Å². The third-order valence-electron chi connectivity index (χ3n) is 2.32. The molecule has 0 aliphatic carbocycles. The minimum Gasteiger partial charge on any atom is -0.481 e. The molecular formula is C11H20N2O6. The van der Waals surface area contributed by atoms with Crippen LogP contribution in [0, 0.1) is 0 Å². The number of ether oxygens (including phenoxy) is 1. The molecule has 110 valence electrons. The monoisotopic (exact) mass is 276 g/mol. The summed E-state index contributed by atoms with van der Waals surface area (Å²) in [6.07, 6.45) is 0.829. The van der Waals surface area contributed by atoms with Gasteiger partial charge in [0.1, 0.15) is 6.04 Å². The topological polar surface area (TPSA) is 125 Å². The first kappa shape index (κ1) is 17.2. The van der Waals surface area contributed by atoms with E-state index in [-0.39, 0.29) is 6.04 Å². The second kappa shape index (κ2) is 9.15. The number of carboxylic acids is 2. The lowest BCUT2D eigenvalue weighted by Gasteiger charge is -2.19. The van der Waals surface area contributed by atoms with Gasteiger partial charge in [0.15, 0.2) is 0 Å². The molecule has 8 nitrogen and oxygen atoms in total. The Hall–Kier alpha value is -1.83. The van der Waals surface area contributed by atoms with Crippen molar-refractivity contribution in [3.8, 4) is 0 Å². The first-order valence-corrected chi connectivity index (χ1v) is 5.91. The maximum absolute atomic E-state index is 11.6. The van der Waals surface area contributed by atoms with Crippen molar-refractivity contribution in [1.29, 1.82) is 0 Å². The Bertz CT molecular complexity index is 314. The van der Waals surface area contributed by atoms with E-state index in [9.17, 15) is 14.4 Å². The number of carbonyl (C=O) groups is 3. The molecular weight excluding hydrogens is 256 g/mol. The van der Waals surface area contributed by atoms with Crippen LogP contribution in [-0.2, 0) is 14.3 Å². The van der Waals surface area contributed by atoms with Gasteiger partial charge in [0.25, 0.3) is 0 Å². The normalized spacial score (nSPS) is 13.4. The van der Waals surface area contributed by atoms with Gasteiger partial charge in [-0.15, -0.1) is 0 Å². The van der Waals surface area contributed by atoms with Crippen molar-refractivity contribution in [3.05, 3.63) is 0 Å². The number of hydrogen-bond acceptors (Lipinski definition) is 4. The largest absolute Gasteiger partial charge is 0.481 e. The predicted octanol–water partition coefficient (Wildman–Crippen LogP) is 0.0286. The average Bonchev–Trinajstić information content (AvgIpc) is 2.27. The number of nitrogens with one attached hydrogen (secondary N) is 2. The molecule has 0 fully saturated rings. The fraction of sp³-hybridized carbons (Fsp3) is 0.727. The molecule has 0 rings (SSSR count). The number of hydrogen-bond donors (Lipinski definition) is 4. The van der Waals surface area contributed by atoms with Crippen LogP contribution in [0.25, 0.3) is 0 Å². The third-order valence-corrected chi connectivity index (χ3v) is 2.32.